The predicted molar refractivity (Wildman–Crippen MR) is 112 cm³/mol. The molecule has 0 aliphatic carbocycles. The zero-order chi connectivity index (χ0) is 21.0. The van der Waals surface area contributed by atoms with E-state index in [1.165, 1.54) is 12.0 Å². The molecule has 2 amide bonds. The lowest BCUT2D eigenvalue weighted by Gasteiger charge is -2.14. The van der Waals surface area contributed by atoms with Crippen LogP contribution in [0.2, 0.25) is 0 Å². The maximum atomic E-state index is 12.6. The van der Waals surface area contributed by atoms with Gasteiger partial charge in [-0.1, -0.05) is 24.3 Å². The van der Waals surface area contributed by atoms with Crippen LogP contribution in [0.25, 0.3) is 6.08 Å². The van der Waals surface area contributed by atoms with E-state index in [4.69, 9.17) is 4.74 Å². The highest BCUT2D eigenvalue weighted by Crippen LogP contribution is 2.32. The minimum absolute atomic E-state index is 0.177. The topological polar surface area (TPSA) is 72.9 Å². The number of hydrogen-bond acceptors (Lipinski definition) is 6. The van der Waals surface area contributed by atoms with Gasteiger partial charge in [-0.05, 0) is 66.6 Å². The summed E-state index contributed by atoms with van der Waals surface area (Å²) < 4.78 is 10.4. The van der Waals surface area contributed by atoms with Crippen molar-refractivity contribution in [3.63, 3.8) is 0 Å². The van der Waals surface area contributed by atoms with E-state index in [2.05, 4.69) is 4.74 Å². The summed E-state index contributed by atoms with van der Waals surface area (Å²) in [4.78, 5) is 37.8. The number of aryl methyl sites for hydroxylation is 2. The second-order valence-electron chi connectivity index (χ2n) is 6.56. The molecule has 1 aliphatic heterocycles. The van der Waals surface area contributed by atoms with Gasteiger partial charge in [0.05, 0.1) is 24.1 Å². The first-order valence-corrected chi connectivity index (χ1v) is 9.84. The molecule has 0 aromatic heterocycles. The number of carbonyl (C=O) groups excluding carboxylic acids is 3. The van der Waals surface area contributed by atoms with Crippen LogP contribution < -0.4 is 4.74 Å². The van der Waals surface area contributed by atoms with E-state index in [9.17, 15) is 14.4 Å². The minimum Gasteiger partial charge on any atom is -0.491 e. The SMILES string of the molecule is COC(=O)c1ccc(/C=C2\SC(=O)N(CCOc3cc(C)ccc3C)C2=O)cc1. The van der Waals surface area contributed by atoms with E-state index >= 15 is 0 Å². The van der Waals surface area contributed by atoms with Gasteiger partial charge in [0, 0.05) is 0 Å². The maximum Gasteiger partial charge on any atom is 0.337 e. The Morgan fingerprint density at radius 3 is 2.52 bits per heavy atom. The Balaban J connectivity index is 1.64. The number of ether oxygens (including phenoxy) is 2. The number of carbonyl (C=O) groups is 3. The van der Waals surface area contributed by atoms with E-state index in [1.54, 1.807) is 30.3 Å². The fraction of sp³-hybridized carbons (Fsp3) is 0.227. The highest BCUT2D eigenvalue weighted by Gasteiger charge is 2.34. The Bertz CT molecular complexity index is 981. The van der Waals surface area contributed by atoms with E-state index in [0.29, 0.717) is 10.5 Å². The molecule has 1 fully saturated rings. The molecule has 6 nitrogen and oxygen atoms in total. The molecule has 150 valence electrons. The van der Waals surface area contributed by atoms with Crippen molar-refractivity contribution in [2.75, 3.05) is 20.3 Å². The normalized spacial score (nSPS) is 15.1. The maximum absolute atomic E-state index is 12.6. The quantitative estimate of drug-likeness (QED) is 0.524. The average molecular weight is 411 g/mol. The van der Waals surface area contributed by atoms with Crippen LogP contribution in [0.15, 0.2) is 47.4 Å². The summed E-state index contributed by atoms with van der Waals surface area (Å²) in [5.41, 5.74) is 3.22. The highest BCUT2D eigenvalue weighted by molar-refractivity contribution is 8.18. The summed E-state index contributed by atoms with van der Waals surface area (Å²) in [5.74, 6) is -0.0273. The summed E-state index contributed by atoms with van der Waals surface area (Å²) in [6, 6.07) is 12.5. The van der Waals surface area contributed by atoms with Crippen LogP contribution in [0.1, 0.15) is 27.0 Å². The molecular formula is C22H21NO5S. The number of nitrogens with zero attached hydrogens (tertiary/aromatic N) is 1. The molecule has 1 aliphatic rings. The zero-order valence-electron chi connectivity index (χ0n) is 16.4. The fourth-order valence-electron chi connectivity index (χ4n) is 2.79. The van der Waals surface area contributed by atoms with Crippen LogP contribution in [0.5, 0.6) is 5.75 Å². The number of amides is 2. The van der Waals surface area contributed by atoms with Crippen molar-refractivity contribution >= 4 is 35.0 Å². The molecule has 0 saturated carbocycles. The average Bonchev–Trinajstić information content (AvgIpc) is 2.97. The Kier molecular flexibility index (Phi) is 6.39. The Hall–Kier alpha value is -3.06. The first-order valence-electron chi connectivity index (χ1n) is 9.03. The number of hydrogen-bond donors (Lipinski definition) is 0. The predicted octanol–water partition coefficient (Wildman–Crippen LogP) is 4.21. The van der Waals surface area contributed by atoms with Gasteiger partial charge in [0.15, 0.2) is 0 Å². The molecule has 1 saturated heterocycles. The number of thioether (sulfide) groups is 1. The molecule has 1 heterocycles. The van der Waals surface area contributed by atoms with Gasteiger partial charge in [0.2, 0.25) is 0 Å². The Morgan fingerprint density at radius 2 is 1.83 bits per heavy atom. The molecule has 7 heteroatoms. The Morgan fingerprint density at radius 1 is 1.10 bits per heavy atom. The van der Waals surface area contributed by atoms with Crippen molar-refractivity contribution in [2.45, 2.75) is 13.8 Å². The molecule has 0 unspecified atom stereocenters. The molecular weight excluding hydrogens is 390 g/mol. The molecule has 2 aromatic rings. The van der Waals surface area contributed by atoms with Crippen molar-refractivity contribution in [3.8, 4) is 5.75 Å². The Labute approximate surface area is 173 Å². The van der Waals surface area contributed by atoms with E-state index in [-0.39, 0.29) is 24.3 Å². The third-order valence-electron chi connectivity index (χ3n) is 4.42. The molecule has 0 spiro atoms. The number of rotatable bonds is 6. The summed E-state index contributed by atoms with van der Waals surface area (Å²) >= 11 is 0.895. The van der Waals surface area contributed by atoms with Gasteiger partial charge in [-0.2, -0.15) is 0 Å². The van der Waals surface area contributed by atoms with Crippen LogP contribution in [0, 0.1) is 13.8 Å². The monoisotopic (exact) mass is 411 g/mol. The van der Waals surface area contributed by atoms with Gasteiger partial charge in [-0.25, -0.2) is 4.79 Å². The van der Waals surface area contributed by atoms with E-state index in [1.807, 2.05) is 32.0 Å². The molecule has 3 rings (SSSR count). The molecule has 0 radical (unpaired) electrons. The standard InChI is InChI=1S/C22H21NO5S/c1-14-4-5-15(2)18(12-14)28-11-10-23-20(24)19(29-22(23)26)13-16-6-8-17(9-7-16)21(25)27-3/h4-9,12-13H,10-11H2,1-3H3/b19-13-. The van der Waals surface area contributed by atoms with Crippen molar-refractivity contribution in [1.29, 1.82) is 0 Å². The lowest BCUT2D eigenvalue weighted by molar-refractivity contribution is -0.123. The third kappa shape index (κ3) is 4.86. The van der Waals surface area contributed by atoms with E-state index < -0.39 is 5.97 Å². The summed E-state index contributed by atoms with van der Waals surface area (Å²) in [6.45, 7) is 4.33. The smallest absolute Gasteiger partial charge is 0.337 e. The van der Waals surface area contributed by atoms with Gasteiger partial charge >= 0.3 is 5.97 Å². The molecule has 0 N–H and O–H groups in total. The van der Waals surface area contributed by atoms with Crippen LogP contribution in [0.3, 0.4) is 0 Å². The lowest BCUT2D eigenvalue weighted by atomic mass is 10.1. The van der Waals surface area contributed by atoms with Gasteiger partial charge in [-0.15, -0.1) is 0 Å². The second-order valence-corrected chi connectivity index (χ2v) is 7.56. The zero-order valence-corrected chi connectivity index (χ0v) is 17.2. The van der Waals surface area contributed by atoms with Gasteiger partial charge in [0.1, 0.15) is 12.4 Å². The number of methoxy groups -OCH3 is 1. The fourth-order valence-corrected chi connectivity index (χ4v) is 3.65. The van der Waals surface area contributed by atoms with Crippen molar-refractivity contribution in [1.82, 2.24) is 4.90 Å². The molecule has 2 aromatic carbocycles. The molecule has 29 heavy (non-hydrogen) atoms. The van der Waals surface area contributed by atoms with Crippen LogP contribution in [0.4, 0.5) is 4.79 Å². The first-order chi connectivity index (χ1) is 13.9. The number of esters is 1. The van der Waals surface area contributed by atoms with Crippen molar-refractivity contribution in [3.05, 3.63) is 69.6 Å². The summed E-state index contributed by atoms with van der Waals surface area (Å²) in [6.07, 6.45) is 1.64. The lowest BCUT2D eigenvalue weighted by Crippen LogP contribution is -2.32. The molecule has 0 bridgehead atoms. The highest BCUT2D eigenvalue weighted by atomic mass is 32.2. The van der Waals surface area contributed by atoms with Gasteiger partial charge < -0.3 is 9.47 Å². The van der Waals surface area contributed by atoms with Crippen molar-refractivity contribution < 1.29 is 23.9 Å². The number of benzene rings is 2. The second kappa shape index (κ2) is 8.96. The summed E-state index contributed by atoms with van der Waals surface area (Å²) in [5, 5.41) is -0.322. The number of imide groups is 1. The minimum atomic E-state index is -0.430. The first kappa shape index (κ1) is 20.7. The van der Waals surface area contributed by atoms with Gasteiger partial charge in [0.25, 0.3) is 11.1 Å². The van der Waals surface area contributed by atoms with Crippen LogP contribution in [-0.4, -0.2) is 42.3 Å². The van der Waals surface area contributed by atoms with E-state index in [0.717, 1.165) is 34.2 Å². The molecule has 0 atom stereocenters. The van der Waals surface area contributed by atoms with Gasteiger partial charge in [-0.3, -0.25) is 14.5 Å². The third-order valence-corrected chi connectivity index (χ3v) is 5.33. The van der Waals surface area contributed by atoms with Crippen LogP contribution in [-0.2, 0) is 9.53 Å². The summed E-state index contributed by atoms with van der Waals surface area (Å²) in [7, 11) is 1.32. The largest absolute Gasteiger partial charge is 0.491 e. The van der Waals surface area contributed by atoms with Crippen LogP contribution >= 0.6 is 11.8 Å². The van der Waals surface area contributed by atoms with Crippen molar-refractivity contribution in [2.24, 2.45) is 0 Å².